The Morgan fingerprint density at radius 2 is 1.62 bits per heavy atom. The molecule has 5 heteroatoms. The maximum atomic E-state index is 12.8. The largest absolute Gasteiger partial charge is 0.385 e. The Morgan fingerprint density at radius 1 is 0.958 bits per heavy atom. The first-order valence-corrected chi connectivity index (χ1v) is 9.71. The minimum absolute atomic E-state index is 0.318. The van der Waals surface area contributed by atoms with Gasteiger partial charge in [-0.3, -0.25) is 0 Å². The summed E-state index contributed by atoms with van der Waals surface area (Å²) in [7, 11) is -3.51. The topological polar surface area (TPSA) is 57.6 Å². The highest BCUT2D eigenvalue weighted by Gasteiger charge is 2.35. The molecule has 1 aliphatic heterocycles. The number of benzene rings is 2. The molecule has 1 N–H and O–H groups in total. The van der Waals surface area contributed by atoms with E-state index in [9.17, 15) is 13.5 Å². The first-order chi connectivity index (χ1) is 11.4. The first kappa shape index (κ1) is 17.1. The second-order valence-corrected chi connectivity index (χ2v) is 8.41. The number of hydrogen-bond donors (Lipinski definition) is 1. The van der Waals surface area contributed by atoms with Crippen LogP contribution in [0.3, 0.4) is 0 Å². The predicted molar refractivity (Wildman–Crippen MR) is 94.1 cm³/mol. The fourth-order valence-corrected chi connectivity index (χ4v) is 4.71. The Kier molecular flexibility index (Phi) is 4.76. The third-order valence-corrected chi connectivity index (χ3v) is 6.66. The van der Waals surface area contributed by atoms with Crippen LogP contribution in [0.2, 0.25) is 0 Å². The molecule has 24 heavy (non-hydrogen) atoms. The summed E-state index contributed by atoms with van der Waals surface area (Å²) >= 11 is 0. The van der Waals surface area contributed by atoms with Crippen molar-refractivity contribution in [1.29, 1.82) is 0 Å². The highest BCUT2D eigenvalue weighted by molar-refractivity contribution is 7.89. The lowest BCUT2D eigenvalue weighted by molar-refractivity contribution is 0.0228. The van der Waals surface area contributed by atoms with E-state index in [1.807, 2.05) is 49.4 Å². The molecule has 0 bridgehead atoms. The molecule has 0 aliphatic carbocycles. The van der Waals surface area contributed by atoms with Crippen LogP contribution in [0, 0.1) is 6.92 Å². The molecular formula is C19H23NO3S. The Morgan fingerprint density at radius 3 is 2.29 bits per heavy atom. The summed E-state index contributed by atoms with van der Waals surface area (Å²) in [6.45, 7) is 2.69. The number of sulfonamides is 1. The SMILES string of the molecule is Cc1ccc(S(=O)(=O)N2CCCC(O)(c3ccccc3)CC2)cc1. The second-order valence-electron chi connectivity index (χ2n) is 6.47. The van der Waals surface area contributed by atoms with Gasteiger partial charge in [-0.05, 0) is 43.9 Å². The Hall–Kier alpha value is -1.69. The van der Waals surface area contributed by atoms with Crippen molar-refractivity contribution >= 4 is 10.0 Å². The van der Waals surface area contributed by atoms with Crippen molar-refractivity contribution < 1.29 is 13.5 Å². The maximum Gasteiger partial charge on any atom is 0.243 e. The van der Waals surface area contributed by atoms with E-state index in [1.54, 1.807) is 12.1 Å². The predicted octanol–water partition coefficient (Wildman–Crippen LogP) is 3.06. The van der Waals surface area contributed by atoms with E-state index >= 15 is 0 Å². The van der Waals surface area contributed by atoms with Crippen molar-refractivity contribution in [3.05, 3.63) is 65.7 Å². The van der Waals surface area contributed by atoms with E-state index in [0.717, 1.165) is 11.1 Å². The molecule has 2 aromatic rings. The summed E-state index contributed by atoms with van der Waals surface area (Å²) in [5, 5.41) is 11.0. The molecule has 0 spiro atoms. The number of aryl methyl sites for hydroxylation is 1. The van der Waals surface area contributed by atoms with Crippen LogP contribution in [-0.2, 0) is 15.6 Å². The minimum Gasteiger partial charge on any atom is -0.385 e. The number of aliphatic hydroxyl groups is 1. The van der Waals surface area contributed by atoms with Gasteiger partial charge in [0.25, 0.3) is 0 Å². The Bertz CT molecular complexity index is 787. The lowest BCUT2D eigenvalue weighted by atomic mass is 9.87. The first-order valence-electron chi connectivity index (χ1n) is 8.27. The van der Waals surface area contributed by atoms with Crippen LogP contribution < -0.4 is 0 Å². The van der Waals surface area contributed by atoms with E-state index in [1.165, 1.54) is 4.31 Å². The fourth-order valence-electron chi connectivity index (χ4n) is 3.23. The molecule has 1 fully saturated rings. The van der Waals surface area contributed by atoms with Crippen molar-refractivity contribution in [1.82, 2.24) is 4.31 Å². The van der Waals surface area contributed by atoms with Gasteiger partial charge in [-0.1, -0.05) is 48.0 Å². The summed E-state index contributed by atoms with van der Waals surface area (Å²) in [5.74, 6) is 0. The number of rotatable bonds is 3. The third kappa shape index (κ3) is 3.38. The van der Waals surface area contributed by atoms with Gasteiger partial charge in [-0.25, -0.2) is 8.42 Å². The summed E-state index contributed by atoms with van der Waals surface area (Å²) in [6.07, 6.45) is 1.61. The monoisotopic (exact) mass is 345 g/mol. The van der Waals surface area contributed by atoms with Crippen molar-refractivity contribution in [2.45, 2.75) is 36.7 Å². The van der Waals surface area contributed by atoms with Gasteiger partial charge in [0.2, 0.25) is 10.0 Å². The molecule has 2 aromatic carbocycles. The van der Waals surface area contributed by atoms with Crippen LogP contribution in [-0.4, -0.2) is 30.9 Å². The van der Waals surface area contributed by atoms with Crippen molar-refractivity contribution in [3.63, 3.8) is 0 Å². The zero-order valence-corrected chi connectivity index (χ0v) is 14.7. The smallest absolute Gasteiger partial charge is 0.243 e. The van der Waals surface area contributed by atoms with Crippen molar-refractivity contribution in [3.8, 4) is 0 Å². The van der Waals surface area contributed by atoms with Crippen LogP contribution in [0.1, 0.15) is 30.4 Å². The van der Waals surface area contributed by atoms with E-state index < -0.39 is 15.6 Å². The molecule has 4 nitrogen and oxygen atoms in total. The van der Waals surface area contributed by atoms with Crippen LogP contribution >= 0.6 is 0 Å². The zero-order valence-electron chi connectivity index (χ0n) is 13.9. The lowest BCUT2D eigenvalue weighted by Gasteiger charge is -2.27. The average molecular weight is 345 g/mol. The van der Waals surface area contributed by atoms with Gasteiger partial charge in [0.05, 0.1) is 10.5 Å². The van der Waals surface area contributed by atoms with Gasteiger partial charge in [0, 0.05) is 13.1 Å². The molecule has 1 heterocycles. The van der Waals surface area contributed by atoms with Crippen LogP contribution in [0.5, 0.6) is 0 Å². The molecule has 1 unspecified atom stereocenters. The van der Waals surface area contributed by atoms with Crippen LogP contribution in [0.15, 0.2) is 59.5 Å². The highest BCUT2D eigenvalue weighted by atomic mass is 32.2. The third-order valence-electron chi connectivity index (χ3n) is 4.74. The van der Waals surface area contributed by atoms with Gasteiger partial charge in [-0.15, -0.1) is 0 Å². The Balaban J connectivity index is 1.81. The molecule has 1 saturated heterocycles. The molecule has 1 atom stereocenters. The highest BCUT2D eigenvalue weighted by Crippen LogP contribution is 2.34. The van der Waals surface area contributed by atoms with Gasteiger partial charge in [0.15, 0.2) is 0 Å². The van der Waals surface area contributed by atoms with E-state index in [0.29, 0.717) is 37.2 Å². The summed E-state index contributed by atoms with van der Waals surface area (Å²) < 4.78 is 27.2. The van der Waals surface area contributed by atoms with Crippen LogP contribution in [0.25, 0.3) is 0 Å². The van der Waals surface area contributed by atoms with E-state index in [-0.39, 0.29) is 0 Å². The van der Waals surface area contributed by atoms with Gasteiger partial charge in [0.1, 0.15) is 0 Å². The maximum absolute atomic E-state index is 12.8. The summed E-state index contributed by atoms with van der Waals surface area (Å²) in [6, 6.07) is 16.5. The molecule has 3 rings (SSSR count). The summed E-state index contributed by atoms with van der Waals surface area (Å²) in [4.78, 5) is 0.318. The van der Waals surface area contributed by atoms with Crippen molar-refractivity contribution in [2.24, 2.45) is 0 Å². The summed E-state index contributed by atoms with van der Waals surface area (Å²) in [5.41, 5.74) is 0.932. The number of hydrogen-bond acceptors (Lipinski definition) is 3. The minimum atomic E-state index is -3.51. The second kappa shape index (κ2) is 6.67. The molecule has 0 radical (unpaired) electrons. The molecule has 128 valence electrons. The molecule has 1 aliphatic rings. The van der Waals surface area contributed by atoms with Gasteiger partial charge >= 0.3 is 0 Å². The zero-order chi connectivity index (χ0) is 17.2. The quantitative estimate of drug-likeness (QED) is 0.930. The normalized spacial score (nSPS) is 22.9. The Labute approximate surface area is 143 Å². The standard InChI is InChI=1S/C19H23NO3S/c1-16-8-10-18(11-9-16)24(22,23)20-14-5-12-19(21,13-15-20)17-6-3-2-4-7-17/h2-4,6-11,21H,5,12-15H2,1H3. The lowest BCUT2D eigenvalue weighted by Crippen LogP contribution is -2.33. The van der Waals surface area contributed by atoms with Crippen LogP contribution in [0.4, 0.5) is 0 Å². The fraction of sp³-hybridized carbons (Fsp3) is 0.368. The average Bonchev–Trinajstić information content (AvgIpc) is 2.79. The van der Waals surface area contributed by atoms with Gasteiger partial charge in [-0.2, -0.15) is 4.31 Å². The van der Waals surface area contributed by atoms with E-state index in [2.05, 4.69) is 0 Å². The molecule has 0 aromatic heterocycles. The number of nitrogens with zero attached hydrogens (tertiary/aromatic N) is 1. The molecular weight excluding hydrogens is 322 g/mol. The molecule has 0 amide bonds. The van der Waals surface area contributed by atoms with Crippen molar-refractivity contribution in [2.75, 3.05) is 13.1 Å². The van der Waals surface area contributed by atoms with Gasteiger partial charge < -0.3 is 5.11 Å². The molecule has 0 saturated carbocycles. The van der Waals surface area contributed by atoms with E-state index in [4.69, 9.17) is 0 Å².